The van der Waals surface area contributed by atoms with Crippen LogP contribution in [-0.4, -0.2) is 54.2 Å². The molecule has 0 aliphatic carbocycles. The molecule has 0 bridgehead atoms. The second kappa shape index (κ2) is 7.34. The highest BCUT2D eigenvalue weighted by Crippen LogP contribution is 2.25. The van der Waals surface area contributed by atoms with Gasteiger partial charge in [-0.1, -0.05) is 23.2 Å². The molecule has 1 fully saturated rings. The maximum absolute atomic E-state index is 12.2. The Hall–Kier alpha value is -1.89. The predicted molar refractivity (Wildman–Crippen MR) is 96.2 cm³/mol. The van der Waals surface area contributed by atoms with Crippen molar-refractivity contribution >= 4 is 40.6 Å². The Balaban J connectivity index is 1.66. The van der Waals surface area contributed by atoms with Gasteiger partial charge in [0.25, 0.3) is 5.91 Å². The molecule has 24 heavy (non-hydrogen) atoms. The van der Waals surface area contributed by atoms with Crippen LogP contribution in [0.25, 0.3) is 0 Å². The number of halogens is 2. The van der Waals surface area contributed by atoms with Crippen molar-refractivity contribution in [2.75, 3.05) is 43.4 Å². The quantitative estimate of drug-likeness (QED) is 0.905. The molecule has 0 saturated carbocycles. The minimum Gasteiger partial charge on any atom is -0.353 e. The average molecular weight is 366 g/mol. The molecule has 0 spiro atoms. The van der Waals surface area contributed by atoms with E-state index in [0.29, 0.717) is 15.7 Å². The van der Waals surface area contributed by atoms with Crippen molar-refractivity contribution in [3.63, 3.8) is 0 Å². The Bertz CT molecular complexity index is 730. The summed E-state index contributed by atoms with van der Waals surface area (Å²) in [5.41, 5.74) is 0.804. The highest BCUT2D eigenvalue weighted by atomic mass is 35.5. The molecule has 1 aliphatic heterocycles. The van der Waals surface area contributed by atoms with Gasteiger partial charge in [0.1, 0.15) is 0 Å². The van der Waals surface area contributed by atoms with E-state index < -0.39 is 0 Å². The van der Waals surface area contributed by atoms with Crippen LogP contribution in [0, 0.1) is 0 Å². The zero-order valence-electron chi connectivity index (χ0n) is 13.2. The van der Waals surface area contributed by atoms with E-state index in [1.807, 2.05) is 6.07 Å². The molecule has 1 N–H and O–H groups in total. The molecule has 2 heterocycles. The smallest absolute Gasteiger partial charge is 0.276 e. The van der Waals surface area contributed by atoms with Gasteiger partial charge in [-0.05, 0) is 37.4 Å². The molecule has 126 valence electrons. The summed E-state index contributed by atoms with van der Waals surface area (Å²) in [7, 11) is 2.10. The molecule has 3 rings (SSSR count). The normalized spacial score (nSPS) is 15.4. The maximum Gasteiger partial charge on any atom is 0.276 e. The highest BCUT2D eigenvalue weighted by molar-refractivity contribution is 6.42. The van der Waals surface area contributed by atoms with E-state index in [-0.39, 0.29) is 11.6 Å². The summed E-state index contributed by atoms with van der Waals surface area (Å²) in [5.74, 6) is 0.444. The van der Waals surface area contributed by atoms with Gasteiger partial charge < -0.3 is 15.1 Å². The molecule has 2 aromatic rings. The Morgan fingerprint density at radius 3 is 2.42 bits per heavy atom. The third-order valence-electron chi connectivity index (χ3n) is 3.89. The second-order valence-corrected chi connectivity index (χ2v) is 6.46. The third-order valence-corrected chi connectivity index (χ3v) is 4.63. The van der Waals surface area contributed by atoms with Crippen LogP contribution in [-0.2, 0) is 0 Å². The number of rotatable bonds is 3. The van der Waals surface area contributed by atoms with Crippen LogP contribution in [0.15, 0.2) is 30.3 Å². The van der Waals surface area contributed by atoms with Crippen LogP contribution in [0.4, 0.5) is 11.5 Å². The number of likely N-dealkylation sites (N-methyl/N-ethyl adjacent to an activating group) is 1. The summed E-state index contributed by atoms with van der Waals surface area (Å²) in [5, 5.41) is 11.7. The van der Waals surface area contributed by atoms with Gasteiger partial charge in [-0.2, -0.15) is 0 Å². The first kappa shape index (κ1) is 17.0. The lowest BCUT2D eigenvalue weighted by Crippen LogP contribution is -2.44. The minimum atomic E-state index is -0.342. The Labute approximate surface area is 150 Å². The van der Waals surface area contributed by atoms with Gasteiger partial charge in [-0.15, -0.1) is 10.2 Å². The fraction of sp³-hybridized carbons (Fsp3) is 0.312. The summed E-state index contributed by atoms with van der Waals surface area (Å²) in [6.45, 7) is 3.78. The largest absolute Gasteiger partial charge is 0.353 e. The lowest BCUT2D eigenvalue weighted by Gasteiger charge is -2.32. The van der Waals surface area contributed by atoms with Crippen molar-refractivity contribution in [3.05, 3.63) is 46.1 Å². The van der Waals surface area contributed by atoms with E-state index in [2.05, 4.69) is 32.4 Å². The van der Waals surface area contributed by atoms with Crippen LogP contribution in [0.1, 0.15) is 10.5 Å². The van der Waals surface area contributed by atoms with Gasteiger partial charge in [0.15, 0.2) is 11.5 Å². The number of aromatic nitrogens is 2. The molecule has 0 unspecified atom stereocenters. The zero-order valence-corrected chi connectivity index (χ0v) is 14.7. The first-order valence-electron chi connectivity index (χ1n) is 7.56. The van der Waals surface area contributed by atoms with Crippen LogP contribution in [0.3, 0.4) is 0 Å². The van der Waals surface area contributed by atoms with Gasteiger partial charge in [0, 0.05) is 31.9 Å². The summed E-state index contributed by atoms with van der Waals surface area (Å²) in [4.78, 5) is 16.7. The van der Waals surface area contributed by atoms with E-state index in [0.717, 1.165) is 32.0 Å². The summed E-state index contributed by atoms with van der Waals surface area (Å²) >= 11 is 11.8. The molecule has 8 heteroatoms. The summed E-state index contributed by atoms with van der Waals surface area (Å²) in [6.07, 6.45) is 0. The molecular weight excluding hydrogens is 349 g/mol. The number of piperazine rings is 1. The van der Waals surface area contributed by atoms with Crippen LogP contribution in [0.2, 0.25) is 10.0 Å². The monoisotopic (exact) mass is 365 g/mol. The topological polar surface area (TPSA) is 61.4 Å². The van der Waals surface area contributed by atoms with Crippen molar-refractivity contribution in [1.82, 2.24) is 15.1 Å². The van der Waals surface area contributed by atoms with Crippen LogP contribution < -0.4 is 10.2 Å². The lowest BCUT2D eigenvalue weighted by atomic mass is 10.3. The first-order chi connectivity index (χ1) is 11.5. The van der Waals surface area contributed by atoms with Crippen molar-refractivity contribution in [2.24, 2.45) is 0 Å². The number of nitrogens with one attached hydrogen (secondary N) is 1. The number of benzene rings is 1. The molecule has 6 nitrogen and oxygen atoms in total. The average Bonchev–Trinajstić information content (AvgIpc) is 2.59. The van der Waals surface area contributed by atoms with Gasteiger partial charge in [0.05, 0.1) is 10.0 Å². The lowest BCUT2D eigenvalue weighted by molar-refractivity contribution is 0.102. The second-order valence-electron chi connectivity index (χ2n) is 5.65. The van der Waals surface area contributed by atoms with Crippen molar-refractivity contribution in [1.29, 1.82) is 0 Å². The molecule has 1 aromatic heterocycles. The maximum atomic E-state index is 12.2. The molecule has 0 atom stereocenters. The predicted octanol–water partition coefficient (Wildman–Crippen LogP) is 2.79. The zero-order chi connectivity index (χ0) is 17.1. The number of nitrogens with zero attached hydrogens (tertiary/aromatic N) is 4. The molecule has 1 aromatic carbocycles. The van der Waals surface area contributed by atoms with Gasteiger partial charge in [-0.25, -0.2) is 0 Å². The molecular formula is C16H17Cl2N5O. The van der Waals surface area contributed by atoms with Gasteiger partial charge in [-0.3, -0.25) is 4.79 Å². The SMILES string of the molecule is CN1CCN(c2ccc(C(=O)Nc3ccc(Cl)c(Cl)c3)nn2)CC1. The number of carbonyl (C=O) groups is 1. The number of carbonyl (C=O) groups excluding carboxylic acids is 1. The highest BCUT2D eigenvalue weighted by Gasteiger charge is 2.16. The molecule has 1 amide bonds. The van der Waals surface area contributed by atoms with E-state index in [4.69, 9.17) is 23.2 Å². The molecule has 0 radical (unpaired) electrons. The standard InChI is InChI=1S/C16H17Cl2N5O/c1-22-6-8-23(9-7-22)15-5-4-14(20-21-15)16(24)19-11-2-3-12(17)13(18)10-11/h2-5,10H,6-9H2,1H3,(H,19,24). The van der Waals surface area contributed by atoms with Gasteiger partial charge >= 0.3 is 0 Å². The minimum absolute atomic E-state index is 0.249. The van der Waals surface area contributed by atoms with Crippen molar-refractivity contribution in [3.8, 4) is 0 Å². The Morgan fingerprint density at radius 2 is 1.79 bits per heavy atom. The third kappa shape index (κ3) is 3.95. The van der Waals surface area contributed by atoms with E-state index in [1.165, 1.54) is 0 Å². The Morgan fingerprint density at radius 1 is 1.04 bits per heavy atom. The van der Waals surface area contributed by atoms with Crippen molar-refractivity contribution < 1.29 is 4.79 Å². The molecule has 1 saturated heterocycles. The number of amides is 1. The first-order valence-corrected chi connectivity index (χ1v) is 8.32. The number of anilines is 2. The summed E-state index contributed by atoms with van der Waals surface area (Å²) < 4.78 is 0. The fourth-order valence-electron chi connectivity index (χ4n) is 2.42. The van der Waals surface area contributed by atoms with Gasteiger partial charge in [0.2, 0.25) is 0 Å². The fourth-order valence-corrected chi connectivity index (χ4v) is 2.72. The number of hydrogen-bond donors (Lipinski definition) is 1. The number of hydrogen-bond acceptors (Lipinski definition) is 5. The van der Waals surface area contributed by atoms with E-state index in [9.17, 15) is 4.79 Å². The Kier molecular flexibility index (Phi) is 5.18. The van der Waals surface area contributed by atoms with E-state index >= 15 is 0 Å². The van der Waals surface area contributed by atoms with E-state index in [1.54, 1.807) is 24.3 Å². The van der Waals surface area contributed by atoms with Crippen LogP contribution >= 0.6 is 23.2 Å². The van der Waals surface area contributed by atoms with Crippen molar-refractivity contribution in [2.45, 2.75) is 0 Å². The molecule has 1 aliphatic rings. The van der Waals surface area contributed by atoms with Crippen LogP contribution in [0.5, 0.6) is 0 Å². The summed E-state index contributed by atoms with van der Waals surface area (Å²) in [6, 6.07) is 8.39.